The molecule has 4 nitrogen and oxygen atoms in total. The number of benzene rings is 2. The monoisotopic (exact) mass is 339 g/mol. The van der Waals surface area contributed by atoms with Crippen LogP contribution >= 0.6 is 0 Å². The minimum atomic E-state index is 0.0392. The lowest BCUT2D eigenvalue weighted by molar-refractivity contribution is -0.120. The average Bonchev–Trinajstić information content (AvgIpc) is 2.60. The number of aryl methyl sites for hydroxylation is 3. The molecule has 4 heteroatoms. The van der Waals surface area contributed by atoms with Crippen LogP contribution in [-0.4, -0.2) is 25.7 Å². The Kier molecular flexibility index (Phi) is 5.59. The fraction of sp³-hybridized carbons (Fsp3) is 0.381. The lowest BCUT2D eigenvalue weighted by Crippen LogP contribution is -2.26. The van der Waals surface area contributed by atoms with Gasteiger partial charge in [0.2, 0.25) is 5.91 Å². The summed E-state index contributed by atoms with van der Waals surface area (Å²) in [6.45, 7) is 6.07. The second kappa shape index (κ2) is 8.06. The molecule has 132 valence electrons. The first-order chi connectivity index (χ1) is 12.1. The zero-order valence-electron chi connectivity index (χ0n) is 14.9. The summed E-state index contributed by atoms with van der Waals surface area (Å²) in [6.07, 6.45) is 2.29. The highest BCUT2D eigenvalue weighted by Gasteiger charge is 2.13. The molecule has 1 heterocycles. The second-order valence-corrected chi connectivity index (χ2v) is 6.54. The zero-order chi connectivity index (χ0) is 17.6. The predicted octanol–water partition coefficient (Wildman–Crippen LogP) is 3.37. The fourth-order valence-corrected chi connectivity index (χ4v) is 3.08. The van der Waals surface area contributed by atoms with E-state index in [1.165, 1.54) is 16.7 Å². The summed E-state index contributed by atoms with van der Waals surface area (Å²) < 4.78 is 11.1. The summed E-state index contributed by atoms with van der Waals surface area (Å²) in [6, 6.07) is 12.2. The molecule has 1 aliphatic rings. The van der Waals surface area contributed by atoms with Gasteiger partial charge in [-0.25, -0.2) is 0 Å². The van der Waals surface area contributed by atoms with Gasteiger partial charge >= 0.3 is 0 Å². The zero-order valence-corrected chi connectivity index (χ0v) is 14.9. The van der Waals surface area contributed by atoms with E-state index in [2.05, 4.69) is 37.4 Å². The lowest BCUT2D eigenvalue weighted by Gasteiger charge is -2.18. The summed E-state index contributed by atoms with van der Waals surface area (Å²) in [5.74, 6) is 1.52. The molecule has 0 bridgehead atoms. The van der Waals surface area contributed by atoms with Crippen molar-refractivity contribution in [2.45, 2.75) is 33.1 Å². The van der Waals surface area contributed by atoms with E-state index in [1.807, 2.05) is 18.2 Å². The van der Waals surface area contributed by atoms with Crippen LogP contribution in [0.2, 0.25) is 0 Å². The van der Waals surface area contributed by atoms with E-state index in [4.69, 9.17) is 9.47 Å². The Labute approximate surface area is 149 Å². The van der Waals surface area contributed by atoms with Gasteiger partial charge in [-0.05, 0) is 55.5 Å². The molecule has 0 atom stereocenters. The second-order valence-electron chi connectivity index (χ2n) is 6.54. The van der Waals surface area contributed by atoms with Crippen LogP contribution in [0.4, 0.5) is 0 Å². The first-order valence-electron chi connectivity index (χ1n) is 8.83. The molecule has 0 unspecified atom stereocenters. The minimum absolute atomic E-state index is 0.0392. The van der Waals surface area contributed by atoms with Crippen LogP contribution in [0, 0.1) is 13.8 Å². The Bertz CT molecular complexity index is 755. The summed E-state index contributed by atoms with van der Waals surface area (Å²) in [5.41, 5.74) is 4.90. The minimum Gasteiger partial charge on any atom is -0.486 e. The van der Waals surface area contributed by atoms with E-state index in [1.54, 1.807) is 0 Å². The number of ether oxygens (including phenoxy) is 2. The topological polar surface area (TPSA) is 47.6 Å². The average molecular weight is 339 g/mol. The van der Waals surface area contributed by atoms with Crippen LogP contribution in [-0.2, 0) is 17.6 Å². The number of amides is 1. The van der Waals surface area contributed by atoms with Crippen molar-refractivity contribution in [2.24, 2.45) is 0 Å². The first-order valence-corrected chi connectivity index (χ1v) is 8.83. The molecule has 0 fully saturated rings. The fourth-order valence-electron chi connectivity index (χ4n) is 3.08. The van der Waals surface area contributed by atoms with Crippen LogP contribution in [0.5, 0.6) is 11.5 Å². The molecule has 2 aromatic rings. The van der Waals surface area contributed by atoms with E-state index >= 15 is 0 Å². The van der Waals surface area contributed by atoms with Crippen molar-refractivity contribution in [2.75, 3.05) is 19.8 Å². The molecule has 0 saturated heterocycles. The van der Waals surface area contributed by atoms with E-state index in [0.29, 0.717) is 26.2 Å². The molecule has 0 aromatic heterocycles. The van der Waals surface area contributed by atoms with Gasteiger partial charge in [0.15, 0.2) is 11.5 Å². The molecule has 0 aliphatic carbocycles. The molecule has 0 saturated carbocycles. The number of carbonyl (C=O) groups excluding carboxylic acids is 1. The van der Waals surface area contributed by atoms with Gasteiger partial charge in [0.05, 0.1) is 6.42 Å². The number of hydrogen-bond acceptors (Lipinski definition) is 3. The maximum Gasteiger partial charge on any atom is 0.224 e. The van der Waals surface area contributed by atoms with Crippen LogP contribution in [0.1, 0.15) is 28.7 Å². The van der Waals surface area contributed by atoms with Crippen LogP contribution in [0.25, 0.3) is 0 Å². The van der Waals surface area contributed by atoms with Crippen molar-refractivity contribution in [3.05, 3.63) is 58.7 Å². The molecule has 1 aliphatic heterocycles. The van der Waals surface area contributed by atoms with Gasteiger partial charge in [0, 0.05) is 6.54 Å². The van der Waals surface area contributed by atoms with Gasteiger partial charge in [-0.15, -0.1) is 0 Å². The first kappa shape index (κ1) is 17.3. The number of rotatable bonds is 6. The van der Waals surface area contributed by atoms with Crippen molar-refractivity contribution < 1.29 is 14.3 Å². The molecular weight excluding hydrogens is 314 g/mol. The smallest absolute Gasteiger partial charge is 0.224 e. The molecule has 2 aromatic carbocycles. The van der Waals surface area contributed by atoms with Crippen molar-refractivity contribution in [3.63, 3.8) is 0 Å². The van der Waals surface area contributed by atoms with E-state index in [9.17, 15) is 4.79 Å². The van der Waals surface area contributed by atoms with Gasteiger partial charge < -0.3 is 14.8 Å². The van der Waals surface area contributed by atoms with Crippen molar-refractivity contribution in [3.8, 4) is 11.5 Å². The van der Waals surface area contributed by atoms with Gasteiger partial charge in [0.1, 0.15) is 13.2 Å². The van der Waals surface area contributed by atoms with E-state index in [-0.39, 0.29) is 5.91 Å². The molecule has 0 radical (unpaired) electrons. The Morgan fingerprint density at radius 3 is 2.64 bits per heavy atom. The van der Waals surface area contributed by atoms with Crippen molar-refractivity contribution >= 4 is 5.91 Å². The summed E-state index contributed by atoms with van der Waals surface area (Å²) >= 11 is 0. The Morgan fingerprint density at radius 1 is 1.04 bits per heavy atom. The summed E-state index contributed by atoms with van der Waals surface area (Å²) in [5, 5.41) is 3.00. The molecule has 0 spiro atoms. The maximum atomic E-state index is 12.1. The van der Waals surface area contributed by atoms with E-state index in [0.717, 1.165) is 29.9 Å². The standard InChI is InChI=1S/C21H25NO3/c1-15-5-7-18(16(2)12-15)4-3-9-22-21(23)14-17-6-8-19-20(13-17)25-11-10-24-19/h5-8,12-13H,3-4,9-11,14H2,1-2H3,(H,22,23). The predicted molar refractivity (Wildman–Crippen MR) is 98.4 cm³/mol. The normalized spacial score (nSPS) is 12.7. The quantitative estimate of drug-likeness (QED) is 0.821. The summed E-state index contributed by atoms with van der Waals surface area (Å²) in [7, 11) is 0. The van der Waals surface area contributed by atoms with Gasteiger partial charge in [0.25, 0.3) is 0 Å². The molecule has 1 N–H and O–H groups in total. The highest BCUT2D eigenvalue weighted by molar-refractivity contribution is 5.78. The highest BCUT2D eigenvalue weighted by Crippen LogP contribution is 2.30. The Balaban J connectivity index is 1.43. The van der Waals surface area contributed by atoms with Crippen molar-refractivity contribution in [1.82, 2.24) is 5.32 Å². The Hall–Kier alpha value is -2.49. The Morgan fingerprint density at radius 2 is 1.84 bits per heavy atom. The molecule has 25 heavy (non-hydrogen) atoms. The number of carbonyl (C=O) groups is 1. The largest absolute Gasteiger partial charge is 0.486 e. The lowest BCUT2D eigenvalue weighted by atomic mass is 10.0. The van der Waals surface area contributed by atoms with Crippen LogP contribution in [0.15, 0.2) is 36.4 Å². The molecule has 3 rings (SSSR count). The molecular formula is C21H25NO3. The van der Waals surface area contributed by atoms with Gasteiger partial charge in [-0.1, -0.05) is 29.8 Å². The number of hydrogen-bond donors (Lipinski definition) is 1. The van der Waals surface area contributed by atoms with Gasteiger partial charge in [-0.2, -0.15) is 0 Å². The highest BCUT2D eigenvalue weighted by atomic mass is 16.6. The van der Waals surface area contributed by atoms with Crippen LogP contribution in [0.3, 0.4) is 0 Å². The SMILES string of the molecule is Cc1ccc(CCCNC(=O)Cc2ccc3c(c2)OCCO3)c(C)c1. The van der Waals surface area contributed by atoms with Crippen molar-refractivity contribution in [1.29, 1.82) is 0 Å². The maximum absolute atomic E-state index is 12.1. The van der Waals surface area contributed by atoms with E-state index < -0.39 is 0 Å². The number of nitrogens with one attached hydrogen (secondary N) is 1. The third-order valence-electron chi connectivity index (χ3n) is 4.41. The number of fused-ring (bicyclic) bond motifs is 1. The third kappa shape index (κ3) is 4.75. The van der Waals surface area contributed by atoms with Gasteiger partial charge in [-0.3, -0.25) is 4.79 Å². The summed E-state index contributed by atoms with van der Waals surface area (Å²) in [4.78, 5) is 12.1. The van der Waals surface area contributed by atoms with Crippen LogP contribution < -0.4 is 14.8 Å². The third-order valence-corrected chi connectivity index (χ3v) is 4.41. The molecule has 1 amide bonds.